The lowest BCUT2D eigenvalue weighted by atomic mass is 10.4. The number of methoxy groups -OCH3 is 1. The molecule has 110 valence electrons. The van der Waals surface area contributed by atoms with Gasteiger partial charge in [0.1, 0.15) is 9.84 Å². The summed E-state index contributed by atoms with van der Waals surface area (Å²) in [5.41, 5.74) is 0.953. The van der Waals surface area contributed by atoms with Crippen LogP contribution in [0.3, 0.4) is 0 Å². The van der Waals surface area contributed by atoms with E-state index in [1.807, 2.05) is 10.8 Å². The van der Waals surface area contributed by atoms with Gasteiger partial charge in [0, 0.05) is 38.7 Å². The first-order chi connectivity index (χ1) is 9.07. The van der Waals surface area contributed by atoms with Gasteiger partial charge in [-0.05, 0) is 6.42 Å². The summed E-state index contributed by atoms with van der Waals surface area (Å²) in [5.74, 6) is 0.453. The first kappa shape index (κ1) is 16.1. The minimum absolute atomic E-state index is 0.214. The van der Waals surface area contributed by atoms with Crippen LogP contribution in [0.1, 0.15) is 19.0 Å². The maximum absolute atomic E-state index is 11.4. The van der Waals surface area contributed by atoms with E-state index in [2.05, 4.69) is 10.3 Å². The van der Waals surface area contributed by atoms with Crippen LogP contribution >= 0.6 is 0 Å². The maximum atomic E-state index is 11.4. The molecule has 0 fully saturated rings. The van der Waals surface area contributed by atoms with Crippen molar-refractivity contribution in [3.05, 3.63) is 18.2 Å². The Hall–Kier alpha value is -0.920. The number of nitrogens with one attached hydrogen (secondary N) is 1. The first-order valence-electron chi connectivity index (χ1n) is 6.48. The molecular weight excluding hydrogens is 266 g/mol. The third-order valence-electron chi connectivity index (χ3n) is 2.79. The molecule has 0 atom stereocenters. The van der Waals surface area contributed by atoms with Crippen LogP contribution in [0.2, 0.25) is 0 Å². The van der Waals surface area contributed by atoms with Crippen LogP contribution in [0.15, 0.2) is 12.5 Å². The van der Waals surface area contributed by atoms with E-state index in [0.717, 1.165) is 12.2 Å². The lowest BCUT2D eigenvalue weighted by Gasteiger charge is -2.03. The fourth-order valence-electron chi connectivity index (χ4n) is 1.62. The SMILES string of the molecule is CCS(=O)(=O)CCCn1cnc(CNCCOC)c1. The summed E-state index contributed by atoms with van der Waals surface area (Å²) in [6.07, 6.45) is 4.31. The van der Waals surface area contributed by atoms with E-state index >= 15 is 0 Å². The number of nitrogens with zero attached hydrogens (tertiary/aromatic N) is 2. The predicted octanol–water partition coefficient (Wildman–Crippen LogP) is 0.444. The molecule has 1 aromatic heterocycles. The normalized spacial score (nSPS) is 11.9. The minimum Gasteiger partial charge on any atom is -0.383 e. The number of rotatable bonds is 10. The van der Waals surface area contributed by atoms with Crippen molar-refractivity contribution in [1.29, 1.82) is 0 Å². The van der Waals surface area contributed by atoms with Crippen molar-refractivity contribution in [2.24, 2.45) is 0 Å². The number of ether oxygens (including phenoxy) is 1. The zero-order chi connectivity index (χ0) is 14.1. The van der Waals surface area contributed by atoms with Crippen LogP contribution in [0.5, 0.6) is 0 Å². The number of aromatic nitrogens is 2. The van der Waals surface area contributed by atoms with Gasteiger partial charge in [-0.2, -0.15) is 0 Å². The second kappa shape index (κ2) is 8.29. The van der Waals surface area contributed by atoms with Gasteiger partial charge in [-0.25, -0.2) is 13.4 Å². The Morgan fingerprint density at radius 3 is 2.95 bits per heavy atom. The smallest absolute Gasteiger partial charge is 0.150 e. The highest BCUT2D eigenvalue weighted by Crippen LogP contribution is 2.00. The van der Waals surface area contributed by atoms with Crippen LogP contribution < -0.4 is 5.32 Å². The molecule has 7 heteroatoms. The molecule has 0 aliphatic carbocycles. The lowest BCUT2D eigenvalue weighted by Crippen LogP contribution is -2.18. The topological polar surface area (TPSA) is 73.2 Å². The van der Waals surface area contributed by atoms with Crippen molar-refractivity contribution in [2.75, 3.05) is 31.8 Å². The van der Waals surface area contributed by atoms with Gasteiger partial charge in [0.15, 0.2) is 0 Å². The van der Waals surface area contributed by atoms with Crippen LogP contribution in [0, 0.1) is 0 Å². The van der Waals surface area contributed by atoms with Gasteiger partial charge in [-0.1, -0.05) is 6.92 Å². The Kier molecular flexibility index (Phi) is 7.04. The largest absolute Gasteiger partial charge is 0.383 e. The van der Waals surface area contributed by atoms with E-state index < -0.39 is 9.84 Å². The van der Waals surface area contributed by atoms with Crippen molar-refractivity contribution >= 4 is 9.84 Å². The van der Waals surface area contributed by atoms with Gasteiger partial charge in [-0.15, -0.1) is 0 Å². The van der Waals surface area contributed by atoms with E-state index in [9.17, 15) is 8.42 Å². The van der Waals surface area contributed by atoms with Crippen LogP contribution in [-0.2, 0) is 27.7 Å². The maximum Gasteiger partial charge on any atom is 0.150 e. The number of hydrogen-bond acceptors (Lipinski definition) is 5. The van der Waals surface area contributed by atoms with Crippen molar-refractivity contribution in [2.45, 2.75) is 26.4 Å². The standard InChI is InChI=1S/C12H23N3O3S/c1-3-19(16,17)8-4-6-15-10-12(14-11-15)9-13-5-7-18-2/h10-11,13H,3-9H2,1-2H3. The second-order valence-corrected chi connectivity index (χ2v) is 6.84. The first-order valence-corrected chi connectivity index (χ1v) is 8.30. The molecule has 6 nitrogen and oxygen atoms in total. The second-order valence-electron chi connectivity index (χ2n) is 4.36. The van der Waals surface area contributed by atoms with Crippen molar-refractivity contribution in [3.63, 3.8) is 0 Å². The molecule has 0 unspecified atom stereocenters. The summed E-state index contributed by atoms with van der Waals surface area (Å²) in [7, 11) is -1.20. The Labute approximate surface area is 115 Å². The summed E-state index contributed by atoms with van der Waals surface area (Å²) in [4.78, 5) is 4.26. The summed E-state index contributed by atoms with van der Waals surface area (Å²) >= 11 is 0. The summed E-state index contributed by atoms with van der Waals surface area (Å²) in [6, 6.07) is 0. The Morgan fingerprint density at radius 2 is 2.26 bits per heavy atom. The monoisotopic (exact) mass is 289 g/mol. The lowest BCUT2D eigenvalue weighted by molar-refractivity contribution is 0.199. The quantitative estimate of drug-likeness (QED) is 0.633. The van der Waals surface area contributed by atoms with Crippen LogP contribution in [0.4, 0.5) is 0 Å². The average Bonchev–Trinajstić information content (AvgIpc) is 2.82. The molecule has 1 aromatic rings. The van der Waals surface area contributed by atoms with Gasteiger partial charge >= 0.3 is 0 Å². The zero-order valence-electron chi connectivity index (χ0n) is 11.6. The van der Waals surface area contributed by atoms with Crippen molar-refractivity contribution < 1.29 is 13.2 Å². The molecule has 0 saturated heterocycles. The van der Waals surface area contributed by atoms with Crippen LogP contribution in [-0.4, -0.2) is 49.7 Å². The number of imidazole rings is 1. The minimum atomic E-state index is -2.86. The molecule has 1 N–H and O–H groups in total. The molecule has 19 heavy (non-hydrogen) atoms. The predicted molar refractivity (Wildman–Crippen MR) is 74.8 cm³/mol. The number of hydrogen-bond donors (Lipinski definition) is 1. The Balaban J connectivity index is 2.27. The van der Waals surface area contributed by atoms with Gasteiger partial charge in [0.2, 0.25) is 0 Å². The molecule has 0 spiro atoms. The van der Waals surface area contributed by atoms with Gasteiger partial charge in [0.05, 0.1) is 24.4 Å². The number of sulfone groups is 1. The Bertz CT molecular complexity index is 457. The molecule has 0 saturated carbocycles. The Morgan fingerprint density at radius 1 is 1.47 bits per heavy atom. The fourth-order valence-corrected chi connectivity index (χ4v) is 2.48. The number of aryl methyl sites for hydroxylation is 1. The third kappa shape index (κ3) is 6.70. The van der Waals surface area contributed by atoms with E-state index in [-0.39, 0.29) is 11.5 Å². The summed E-state index contributed by atoms with van der Waals surface area (Å²) in [5, 5.41) is 3.21. The average molecular weight is 289 g/mol. The summed E-state index contributed by atoms with van der Waals surface area (Å²) < 4.78 is 29.6. The fraction of sp³-hybridized carbons (Fsp3) is 0.750. The van der Waals surface area contributed by atoms with Crippen molar-refractivity contribution in [3.8, 4) is 0 Å². The molecule has 0 bridgehead atoms. The van der Waals surface area contributed by atoms with Crippen LogP contribution in [0.25, 0.3) is 0 Å². The highest BCUT2D eigenvalue weighted by atomic mass is 32.2. The molecule has 1 rings (SSSR count). The molecule has 1 heterocycles. The highest BCUT2D eigenvalue weighted by molar-refractivity contribution is 7.91. The molecule has 0 amide bonds. The van der Waals surface area contributed by atoms with E-state index in [1.54, 1.807) is 20.4 Å². The zero-order valence-corrected chi connectivity index (χ0v) is 12.4. The summed E-state index contributed by atoms with van der Waals surface area (Å²) in [6.45, 7) is 4.53. The van der Waals surface area contributed by atoms with Gasteiger partial charge in [0.25, 0.3) is 0 Å². The highest BCUT2D eigenvalue weighted by Gasteiger charge is 2.06. The van der Waals surface area contributed by atoms with E-state index in [4.69, 9.17) is 4.74 Å². The molecule has 0 aliphatic heterocycles. The third-order valence-corrected chi connectivity index (χ3v) is 4.58. The van der Waals surface area contributed by atoms with E-state index in [0.29, 0.717) is 26.1 Å². The van der Waals surface area contributed by atoms with E-state index in [1.165, 1.54) is 0 Å². The molecule has 0 aliphatic rings. The molecule has 0 radical (unpaired) electrons. The molecular formula is C12H23N3O3S. The van der Waals surface area contributed by atoms with Crippen molar-refractivity contribution in [1.82, 2.24) is 14.9 Å². The van der Waals surface area contributed by atoms with Gasteiger partial charge in [-0.3, -0.25) is 0 Å². The van der Waals surface area contributed by atoms with Gasteiger partial charge < -0.3 is 14.6 Å². The molecule has 0 aromatic carbocycles.